The molecule has 16 heavy (non-hydrogen) atoms. The molecule has 1 aliphatic heterocycles. The van der Waals surface area contributed by atoms with E-state index in [9.17, 15) is 0 Å². The van der Waals surface area contributed by atoms with Crippen molar-refractivity contribution in [2.75, 3.05) is 24.5 Å². The molecule has 1 aromatic heterocycles. The maximum Gasteiger partial charge on any atom is 0.128 e. The second kappa shape index (κ2) is 4.34. The Kier molecular flexibility index (Phi) is 3.22. The zero-order chi connectivity index (χ0) is 11.8. The van der Waals surface area contributed by atoms with E-state index in [1.807, 2.05) is 6.20 Å². The van der Waals surface area contributed by atoms with Gasteiger partial charge in [-0.15, -0.1) is 0 Å². The minimum absolute atomic E-state index is 0.253. The van der Waals surface area contributed by atoms with E-state index < -0.39 is 0 Å². The lowest BCUT2D eigenvalue weighted by Gasteiger charge is -2.23. The first-order valence-electron chi connectivity index (χ1n) is 5.61. The van der Waals surface area contributed by atoms with Crippen LogP contribution in [-0.2, 0) is 0 Å². The molecular weight excluding hydrogens is 266 g/mol. The average molecular weight is 284 g/mol. The van der Waals surface area contributed by atoms with Crippen LogP contribution in [0.1, 0.15) is 18.9 Å². The molecule has 2 N–H and O–H groups in total. The van der Waals surface area contributed by atoms with Gasteiger partial charge in [-0.3, -0.25) is 0 Å². The lowest BCUT2D eigenvalue weighted by molar-refractivity contribution is 0.383. The van der Waals surface area contributed by atoms with Gasteiger partial charge in [0.25, 0.3) is 0 Å². The molecule has 0 aliphatic carbocycles. The molecule has 2 rings (SSSR count). The molecule has 0 amide bonds. The van der Waals surface area contributed by atoms with Crippen LogP contribution in [0.2, 0.25) is 0 Å². The SMILES string of the molecule is Cc1cc(N2CCC(C)(CN)C2)ncc1Br. The molecule has 0 spiro atoms. The van der Waals surface area contributed by atoms with Crippen LogP contribution < -0.4 is 10.6 Å². The monoisotopic (exact) mass is 283 g/mol. The number of nitrogens with zero attached hydrogens (tertiary/aromatic N) is 2. The van der Waals surface area contributed by atoms with Crippen LogP contribution in [0.25, 0.3) is 0 Å². The van der Waals surface area contributed by atoms with Gasteiger partial charge in [-0.1, -0.05) is 6.92 Å². The summed E-state index contributed by atoms with van der Waals surface area (Å²) >= 11 is 3.47. The Hall–Kier alpha value is -0.610. The second-order valence-corrected chi connectivity index (χ2v) is 5.83. The van der Waals surface area contributed by atoms with Gasteiger partial charge >= 0.3 is 0 Å². The van der Waals surface area contributed by atoms with E-state index in [0.29, 0.717) is 0 Å². The van der Waals surface area contributed by atoms with E-state index in [-0.39, 0.29) is 5.41 Å². The van der Waals surface area contributed by atoms with Crippen LogP contribution in [0.4, 0.5) is 5.82 Å². The molecule has 2 heterocycles. The first-order chi connectivity index (χ1) is 7.54. The third kappa shape index (κ3) is 2.23. The molecule has 0 radical (unpaired) electrons. The van der Waals surface area contributed by atoms with Crippen molar-refractivity contribution in [2.45, 2.75) is 20.3 Å². The van der Waals surface area contributed by atoms with Crippen molar-refractivity contribution in [3.63, 3.8) is 0 Å². The Bertz CT molecular complexity index is 394. The van der Waals surface area contributed by atoms with Gasteiger partial charge in [0.1, 0.15) is 5.82 Å². The molecule has 1 fully saturated rings. The normalized spacial score (nSPS) is 25.1. The van der Waals surface area contributed by atoms with Crippen molar-refractivity contribution in [1.29, 1.82) is 0 Å². The van der Waals surface area contributed by atoms with Gasteiger partial charge in [0.2, 0.25) is 0 Å². The van der Waals surface area contributed by atoms with Crippen LogP contribution in [-0.4, -0.2) is 24.6 Å². The fourth-order valence-electron chi connectivity index (χ4n) is 2.08. The number of anilines is 1. The number of nitrogens with two attached hydrogens (primary N) is 1. The zero-order valence-electron chi connectivity index (χ0n) is 9.83. The Morgan fingerprint density at radius 3 is 2.94 bits per heavy atom. The lowest BCUT2D eigenvalue weighted by atomic mass is 9.90. The zero-order valence-corrected chi connectivity index (χ0v) is 11.4. The quantitative estimate of drug-likeness (QED) is 0.906. The molecule has 4 heteroatoms. The highest BCUT2D eigenvalue weighted by atomic mass is 79.9. The fourth-order valence-corrected chi connectivity index (χ4v) is 2.30. The molecule has 3 nitrogen and oxygen atoms in total. The third-order valence-corrected chi connectivity index (χ3v) is 4.24. The largest absolute Gasteiger partial charge is 0.356 e. The van der Waals surface area contributed by atoms with Crippen LogP contribution in [0.5, 0.6) is 0 Å². The van der Waals surface area contributed by atoms with Crippen LogP contribution in [0.3, 0.4) is 0 Å². The summed E-state index contributed by atoms with van der Waals surface area (Å²) in [6.45, 7) is 7.16. The highest BCUT2D eigenvalue weighted by Crippen LogP contribution is 2.32. The summed E-state index contributed by atoms with van der Waals surface area (Å²) in [5, 5.41) is 0. The van der Waals surface area contributed by atoms with Gasteiger partial charge in [-0.05, 0) is 52.9 Å². The Morgan fingerprint density at radius 1 is 1.62 bits per heavy atom. The summed E-state index contributed by atoms with van der Waals surface area (Å²) in [5.41, 5.74) is 7.29. The second-order valence-electron chi connectivity index (χ2n) is 4.98. The van der Waals surface area contributed by atoms with Crippen molar-refractivity contribution in [1.82, 2.24) is 4.98 Å². The van der Waals surface area contributed by atoms with E-state index in [1.54, 1.807) is 0 Å². The summed E-state index contributed by atoms with van der Waals surface area (Å²) in [6.07, 6.45) is 3.03. The van der Waals surface area contributed by atoms with Crippen LogP contribution >= 0.6 is 15.9 Å². The maximum absolute atomic E-state index is 5.81. The number of aromatic nitrogens is 1. The van der Waals surface area contributed by atoms with Gasteiger partial charge in [0, 0.05) is 23.8 Å². The molecule has 1 saturated heterocycles. The summed E-state index contributed by atoms with van der Waals surface area (Å²) in [4.78, 5) is 6.78. The number of hydrogen-bond acceptors (Lipinski definition) is 3. The predicted molar refractivity (Wildman–Crippen MR) is 70.7 cm³/mol. The third-order valence-electron chi connectivity index (χ3n) is 3.41. The Balaban J connectivity index is 2.17. The van der Waals surface area contributed by atoms with Crippen LogP contribution in [0, 0.1) is 12.3 Å². The lowest BCUT2D eigenvalue weighted by Crippen LogP contribution is -2.31. The summed E-state index contributed by atoms with van der Waals surface area (Å²) < 4.78 is 1.07. The van der Waals surface area contributed by atoms with Crippen molar-refractivity contribution in [2.24, 2.45) is 11.1 Å². The minimum atomic E-state index is 0.253. The molecular formula is C12H18BrN3. The first kappa shape index (κ1) is 11.9. The molecule has 1 unspecified atom stereocenters. The molecule has 88 valence electrons. The first-order valence-corrected chi connectivity index (χ1v) is 6.40. The van der Waals surface area contributed by atoms with Gasteiger partial charge in [0.15, 0.2) is 0 Å². The molecule has 1 aromatic rings. The van der Waals surface area contributed by atoms with Crippen molar-refractivity contribution in [3.05, 3.63) is 22.3 Å². The minimum Gasteiger partial charge on any atom is -0.356 e. The number of aryl methyl sites for hydroxylation is 1. The molecule has 1 atom stereocenters. The van der Waals surface area contributed by atoms with Crippen molar-refractivity contribution in [3.8, 4) is 0 Å². The van der Waals surface area contributed by atoms with Crippen molar-refractivity contribution < 1.29 is 0 Å². The summed E-state index contributed by atoms with van der Waals surface area (Å²) in [5.74, 6) is 1.07. The van der Waals surface area contributed by atoms with Crippen LogP contribution in [0.15, 0.2) is 16.7 Å². The van der Waals surface area contributed by atoms with E-state index in [2.05, 4.69) is 45.7 Å². The number of halogens is 1. The topological polar surface area (TPSA) is 42.1 Å². The molecule has 0 bridgehead atoms. The average Bonchev–Trinajstić information content (AvgIpc) is 2.66. The fraction of sp³-hybridized carbons (Fsp3) is 0.583. The number of rotatable bonds is 2. The maximum atomic E-state index is 5.81. The van der Waals surface area contributed by atoms with Gasteiger partial charge in [0.05, 0.1) is 0 Å². The number of pyridine rings is 1. The smallest absolute Gasteiger partial charge is 0.128 e. The summed E-state index contributed by atoms with van der Waals surface area (Å²) in [7, 11) is 0. The van der Waals surface area contributed by atoms with Gasteiger partial charge < -0.3 is 10.6 Å². The van der Waals surface area contributed by atoms with E-state index in [4.69, 9.17) is 5.73 Å². The van der Waals surface area contributed by atoms with Gasteiger partial charge in [-0.25, -0.2) is 4.98 Å². The summed E-state index contributed by atoms with van der Waals surface area (Å²) in [6, 6.07) is 2.13. The van der Waals surface area contributed by atoms with E-state index >= 15 is 0 Å². The molecule has 0 aromatic carbocycles. The van der Waals surface area contributed by atoms with Crippen molar-refractivity contribution >= 4 is 21.7 Å². The predicted octanol–water partition coefficient (Wildman–Crippen LogP) is 2.33. The number of hydrogen-bond donors (Lipinski definition) is 1. The van der Waals surface area contributed by atoms with E-state index in [0.717, 1.165) is 36.3 Å². The van der Waals surface area contributed by atoms with Gasteiger partial charge in [-0.2, -0.15) is 0 Å². The highest BCUT2D eigenvalue weighted by Gasteiger charge is 2.33. The highest BCUT2D eigenvalue weighted by molar-refractivity contribution is 9.10. The molecule has 0 saturated carbocycles. The standard InChI is InChI=1S/C12H18BrN3/c1-9-5-11(15-6-10(9)13)16-4-3-12(2,7-14)8-16/h5-6H,3-4,7-8,14H2,1-2H3. The molecule has 1 aliphatic rings. The van der Waals surface area contributed by atoms with E-state index in [1.165, 1.54) is 5.56 Å². The Morgan fingerprint density at radius 2 is 2.38 bits per heavy atom. The Labute approximate surface area is 105 Å².